The zero-order valence-corrected chi connectivity index (χ0v) is 10.1. The molecule has 0 saturated carbocycles. The van der Waals surface area contributed by atoms with Crippen molar-refractivity contribution in [1.82, 2.24) is 0 Å². The molecule has 0 aromatic heterocycles. The fraction of sp³-hybridized carbons (Fsp3) is 0.500. The first-order chi connectivity index (χ1) is 8.24. The Morgan fingerprint density at radius 3 is 2.28 bits per heavy atom. The second-order valence-electron chi connectivity index (χ2n) is 4.54. The van der Waals surface area contributed by atoms with Crippen LogP contribution in [0.15, 0.2) is 18.2 Å². The molecular formula is C12H17F3N2O. The van der Waals surface area contributed by atoms with Crippen LogP contribution in [0.3, 0.4) is 0 Å². The third-order valence-electron chi connectivity index (χ3n) is 3.14. The Morgan fingerprint density at radius 2 is 1.89 bits per heavy atom. The van der Waals surface area contributed by atoms with Gasteiger partial charge >= 0.3 is 6.18 Å². The number of alkyl halides is 3. The first kappa shape index (κ1) is 14.8. The van der Waals surface area contributed by atoms with Crippen molar-refractivity contribution in [1.29, 1.82) is 0 Å². The SMILES string of the molecule is CC(CN)(CCO)c1ccc(C(F)(F)F)cc1N. The van der Waals surface area contributed by atoms with Gasteiger partial charge in [-0.05, 0) is 24.1 Å². The second-order valence-corrected chi connectivity index (χ2v) is 4.54. The molecule has 0 saturated heterocycles. The zero-order chi connectivity index (χ0) is 14.0. The fourth-order valence-corrected chi connectivity index (χ4v) is 1.88. The van der Waals surface area contributed by atoms with Crippen molar-refractivity contribution < 1.29 is 18.3 Å². The Bertz CT molecular complexity index is 420. The first-order valence-electron chi connectivity index (χ1n) is 5.53. The molecule has 0 aliphatic rings. The van der Waals surface area contributed by atoms with Crippen LogP contribution in [0.25, 0.3) is 0 Å². The molecule has 0 fully saturated rings. The number of rotatable bonds is 4. The predicted molar refractivity (Wildman–Crippen MR) is 64.0 cm³/mol. The largest absolute Gasteiger partial charge is 0.416 e. The summed E-state index contributed by atoms with van der Waals surface area (Å²) in [6.45, 7) is 1.86. The van der Waals surface area contributed by atoms with Crippen molar-refractivity contribution in [2.45, 2.75) is 24.9 Å². The number of nitrogen functional groups attached to an aromatic ring is 1. The molecule has 3 nitrogen and oxygen atoms in total. The van der Waals surface area contributed by atoms with Gasteiger partial charge in [0.25, 0.3) is 0 Å². The molecule has 1 aromatic rings. The lowest BCUT2D eigenvalue weighted by Gasteiger charge is -2.29. The van der Waals surface area contributed by atoms with Crippen molar-refractivity contribution in [3.8, 4) is 0 Å². The normalized spacial score (nSPS) is 15.4. The molecule has 102 valence electrons. The standard InChI is InChI=1S/C12H17F3N2O/c1-11(7-16,4-5-18)9-3-2-8(6-10(9)17)12(13,14)15/h2-3,6,18H,4-5,7,16-17H2,1H3. The Labute approximate surface area is 104 Å². The highest BCUT2D eigenvalue weighted by Gasteiger charge is 2.33. The van der Waals surface area contributed by atoms with Crippen LogP contribution in [0.4, 0.5) is 18.9 Å². The highest BCUT2D eigenvalue weighted by molar-refractivity contribution is 5.53. The molecule has 0 radical (unpaired) electrons. The minimum atomic E-state index is -4.41. The number of benzene rings is 1. The van der Waals surface area contributed by atoms with Crippen molar-refractivity contribution >= 4 is 5.69 Å². The summed E-state index contributed by atoms with van der Waals surface area (Å²) in [6, 6.07) is 3.22. The highest BCUT2D eigenvalue weighted by atomic mass is 19.4. The van der Waals surface area contributed by atoms with Crippen molar-refractivity contribution in [2.24, 2.45) is 5.73 Å². The molecule has 0 aliphatic heterocycles. The Morgan fingerprint density at radius 1 is 1.28 bits per heavy atom. The molecule has 5 N–H and O–H groups in total. The molecule has 6 heteroatoms. The Hall–Kier alpha value is -1.27. The van der Waals surface area contributed by atoms with E-state index in [4.69, 9.17) is 16.6 Å². The summed E-state index contributed by atoms with van der Waals surface area (Å²) in [5.74, 6) is 0. The highest BCUT2D eigenvalue weighted by Crippen LogP contribution is 2.36. The number of anilines is 1. The minimum absolute atomic E-state index is 0.0474. The van der Waals surface area contributed by atoms with Crippen LogP contribution in [0.5, 0.6) is 0 Å². The number of aliphatic hydroxyl groups is 1. The third kappa shape index (κ3) is 2.94. The maximum Gasteiger partial charge on any atom is 0.416 e. The van der Waals surface area contributed by atoms with Crippen molar-refractivity contribution in [2.75, 3.05) is 18.9 Å². The van der Waals surface area contributed by atoms with E-state index in [1.165, 1.54) is 6.07 Å². The summed E-state index contributed by atoms with van der Waals surface area (Å²) >= 11 is 0. The number of hydrogen-bond donors (Lipinski definition) is 3. The van der Waals surface area contributed by atoms with Gasteiger partial charge in [0.2, 0.25) is 0 Å². The van der Waals surface area contributed by atoms with E-state index in [1.807, 2.05) is 0 Å². The predicted octanol–water partition coefficient (Wildman–Crippen LogP) is 1.89. The van der Waals surface area contributed by atoms with Gasteiger partial charge < -0.3 is 16.6 Å². The van der Waals surface area contributed by atoms with Gasteiger partial charge in [0, 0.05) is 24.3 Å². The molecule has 0 spiro atoms. The zero-order valence-electron chi connectivity index (χ0n) is 10.1. The Balaban J connectivity index is 3.20. The average molecular weight is 262 g/mol. The van der Waals surface area contributed by atoms with Gasteiger partial charge in [-0.3, -0.25) is 0 Å². The van der Waals surface area contributed by atoms with E-state index in [1.54, 1.807) is 6.92 Å². The summed E-state index contributed by atoms with van der Waals surface area (Å²) < 4.78 is 37.5. The quantitative estimate of drug-likeness (QED) is 0.725. The van der Waals surface area contributed by atoms with E-state index in [2.05, 4.69) is 0 Å². The summed E-state index contributed by atoms with van der Waals surface area (Å²) in [5.41, 5.74) is 10.5. The van der Waals surface area contributed by atoms with E-state index in [9.17, 15) is 13.2 Å². The summed E-state index contributed by atoms with van der Waals surface area (Å²) in [6.07, 6.45) is -4.07. The Kier molecular flexibility index (Phi) is 4.24. The van der Waals surface area contributed by atoms with E-state index in [-0.39, 0.29) is 18.8 Å². The molecule has 0 aliphatic carbocycles. The molecule has 1 unspecified atom stereocenters. The van der Waals surface area contributed by atoms with E-state index >= 15 is 0 Å². The summed E-state index contributed by atoms with van der Waals surface area (Å²) in [4.78, 5) is 0. The maximum absolute atomic E-state index is 12.5. The molecular weight excluding hydrogens is 245 g/mol. The van der Waals surface area contributed by atoms with Gasteiger partial charge in [-0.1, -0.05) is 13.0 Å². The number of aliphatic hydroxyl groups excluding tert-OH is 1. The maximum atomic E-state index is 12.5. The van der Waals surface area contributed by atoms with Crippen LogP contribution in [-0.2, 0) is 11.6 Å². The van der Waals surface area contributed by atoms with Crippen LogP contribution < -0.4 is 11.5 Å². The van der Waals surface area contributed by atoms with Gasteiger partial charge in [0.1, 0.15) is 0 Å². The molecule has 0 heterocycles. The number of hydrogen-bond acceptors (Lipinski definition) is 3. The lowest BCUT2D eigenvalue weighted by atomic mass is 9.78. The fourth-order valence-electron chi connectivity index (χ4n) is 1.88. The first-order valence-corrected chi connectivity index (χ1v) is 5.53. The van der Waals surface area contributed by atoms with Crippen molar-refractivity contribution in [3.05, 3.63) is 29.3 Å². The van der Waals surface area contributed by atoms with E-state index in [0.29, 0.717) is 12.0 Å². The van der Waals surface area contributed by atoms with Crippen LogP contribution in [0, 0.1) is 0 Å². The number of nitrogens with two attached hydrogens (primary N) is 2. The van der Waals surface area contributed by atoms with Gasteiger partial charge in [-0.25, -0.2) is 0 Å². The molecule has 0 amide bonds. The second kappa shape index (κ2) is 5.16. The monoisotopic (exact) mass is 262 g/mol. The summed E-state index contributed by atoms with van der Waals surface area (Å²) in [5, 5.41) is 8.99. The van der Waals surface area contributed by atoms with Gasteiger partial charge in [-0.15, -0.1) is 0 Å². The van der Waals surface area contributed by atoms with Gasteiger partial charge in [0.05, 0.1) is 5.56 Å². The van der Waals surface area contributed by atoms with Crippen LogP contribution in [0.2, 0.25) is 0 Å². The molecule has 1 rings (SSSR count). The average Bonchev–Trinajstić information content (AvgIpc) is 2.27. The molecule has 0 bridgehead atoms. The van der Waals surface area contributed by atoms with Crippen LogP contribution in [-0.4, -0.2) is 18.3 Å². The van der Waals surface area contributed by atoms with Gasteiger partial charge in [-0.2, -0.15) is 13.2 Å². The van der Waals surface area contributed by atoms with Crippen molar-refractivity contribution in [3.63, 3.8) is 0 Å². The van der Waals surface area contributed by atoms with E-state index in [0.717, 1.165) is 12.1 Å². The molecule has 1 aromatic carbocycles. The van der Waals surface area contributed by atoms with E-state index < -0.39 is 17.2 Å². The lowest BCUT2D eigenvalue weighted by Crippen LogP contribution is -2.33. The van der Waals surface area contributed by atoms with Crippen LogP contribution in [0.1, 0.15) is 24.5 Å². The molecule has 18 heavy (non-hydrogen) atoms. The molecule has 1 atom stereocenters. The lowest BCUT2D eigenvalue weighted by molar-refractivity contribution is -0.137. The van der Waals surface area contributed by atoms with Crippen LogP contribution >= 0.6 is 0 Å². The number of halogens is 3. The van der Waals surface area contributed by atoms with Gasteiger partial charge in [0.15, 0.2) is 0 Å². The smallest absolute Gasteiger partial charge is 0.398 e. The summed E-state index contributed by atoms with van der Waals surface area (Å²) in [7, 11) is 0. The third-order valence-corrected chi connectivity index (χ3v) is 3.14. The minimum Gasteiger partial charge on any atom is -0.398 e. The topological polar surface area (TPSA) is 72.3 Å².